The molecule has 0 fully saturated rings. The van der Waals surface area contributed by atoms with Crippen LogP contribution >= 0.6 is 0 Å². The van der Waals surface area contributed by atoms with Gasteiger partial charge in [-0.25, -0.2) is 13.4 Å². The van der Waals surface area contributed by atoms with Gasteiger partial charge in [-0.2, -0.15) is 5.10 Å². The molecule has 0 saturated carbocycles. The quantitative estimate of drug-likeness (QED) is 0.879. The van der Waals surface area contributed by atoms with Crippen LogP contribution in [0.15, 0.2) is 23.2 Å². The zero-order valence-corrected chi connectivity index (χ0v) is 11.6. The molecule has 102 valence electrons. The standard InChI is InChI=1S/C11H14N4O3S/c1-7-10(8(2)14-13-7)19(16,17)15-9-5-4-6-12-11(9)18-3/h4-6,15H,1-3H3,(H,13,14). The minimum atomic E-state index is -3.73. The number of aryl methyl sites for hydroxylation is 2. The minimum Gasteiger partial charge on any atom is -0.480 e. The molecular formula is C11H14N4O3S. The number of H-pyrrole nitrogens is 1. The van der Waals surface area contributed by atoms with Crippen LogP contribution in [0.1, 0.15) is 11.4 Å². The van der Waals surface area contributed by atoms with Crippen molar-refractivity contribution in [2.75, 3.05) is 11.8 Å². The van der Waals surface area contributed by atoms with E-state index in [0.29, 0.717) is 11.4 Å². The van der Waals surface area contributed by atoms with Gasteiger partial charge in [0, 0.05) is 6.20 Å². The predicted octanol–water partition coefficient (Wildman–Crippen LogP) is 1.23. The van der Waals surface area contributed by atoms with Gasteiger partial charge in [0.1, 0.15) is 10.6 Å². The maximum absolute atomic E-state index is 12.3. The lowest BCUT2D eigenvalue weighted by atomic mass is 10.4. The van der Waals surface area contributed by atoms with E-state index in [-0.39, 0.29) is 16.5 Å². The van der Waals surface area contributed by atoms with E-state index in [2.05, 4.69) is 19.9 Å². The van der Waals surface area contributed by atoms with Gasteiger partial charge < -0.3 is 4.74 Å². The van der Waals surface area contributed by atoms with E-state index < -0.39 is 10.0 Å². The van der Waals surface area contributed by atoms with Crippen LogP contribution in [-0.2, 0) is 10.0 Å². The molecule has 0 bridgehead atoms. The second-order valence-corrected chi connectivity index (χ2v) is 5.55. The highest BCUT2D eigenvalue weighted by Crippen LogP contribution is 2.25. The van der Waals surface area contributed by atoms with Gasteiger partial charge in [-0.3, -0.25) is 9.82 Å². The smallest absolute Gasteiger partial charge is 0.265 e. The number of aromatic nitrogens is 3. The van der Waals surface area contributed by atoms with Crippen LogP contribution in [0.25, 0.3) is 0 Å². The van der Waals surface area contributed by atoms with Gasteiger partial charge in [-0.05, 0) is 26.0 Å². The van der Waals surface area contributed by atoms with Gasteiger partial charge in [-0.1, -0.05) is 0 Å². The summed E-state index contributed by atoms with van der Waals surface area (Å²) < 4.78 is 32.1. The topological polar surface area (TPSA) is 97.0 Å². The molecule has 0 aliphatic carbocycles. The number of hydrogen-bond donors (Lipinski definition) is 2. The van der Waals surface area contributed by atoms with E-state index in [9.17, 15) is 8.42 Å². The Bertz CT molecular complexity index is 674. The van der Waals surface area contributed by atoms with Gasteiger partial charge in [0.2, 0.25) is 5.88 Å². The molecule has 0 unspecified atom stereocenters. The van der Waals surface area contributed by atoms with E-state index in [0.717, 1.165) is 0 Å². The first-order valence-corrected chi connectivity index (χ1v) is 6.97. The summed E-state index contributed by atoms with van der Waals surface area (Å²) in [6, 6.07) is 3.20. The average molecular weight is 282 g/mol. The maximum Gasteiger partial charge on any atom is 0.265 e. The Labute approximate surface area is 111 Å². The normalized spacial score (nSPS) is 11.3. The molecule has 0 spiro atoms. The van der Waals surface area contributed by atoms with E-state index >= 15 is 0 Å². The molecule has 0 saturated heterocycles. The fourth-order valence-corrected chi connectivity index (χ4v) is 3.19. The van der Waals surface area contributed by atoms with E-state index in [4.69, 9.17) is 4.74 Å². The number of nitrogens with zero attached hydrogens (tertiary/aromatic N) is 2. The third-order valence-corrected chi connectivity index (χ3v) is 4.17. The van der Waals surface area contributed by atoms with Gasteiger partial charge in [0.15, 0.2) is 0 Å². The number of methoxy groups -OCH3 is 1. The van der Waals surface area contributed by atoms with Crippen molar-refractivity contribution in [2.24, 2.45) is 0 Å². The van der Waals surface area contributed by atoms with Crippen LogP contribution in [0.4, 0.5) is 5.69 Å². The van der Waals surface area contributed by atoms with E-state index in [1.54, 1.807) is 26.0 Å². The lowest BCUT2D eigenvalue weighted by Gasteiger charge is -2.10. The maximum atomic E-state index is 12.3. The number of anilines is 1. The van der Waals surface area contributed by atoms with Gasteiger partial charge >= 0.3 is 0 Å². The molecule has 7 nitrogen and oxygen atoms in total. The van der Waals surface area contributed by atoms with Gasteiger partial charge in [0.05, 0.1) is 18.5 Å². The first kappa shape index (κ1) is 13.3. The first-order valence-electron chi connectivity index (χ1n) is 5.49. The Morgan fingerprint density at radius 2 is 2.11 bits per heavy atom. The zero-order chi connectivity index (χ0) is 14.0. The molecule has 0 aliphatic rings. The average Bonchev–Trinajstić information content (AvgIpc) is 2.70. The molecule has 0 amide bonds. The van der Waals surface area contributed by atoms with Crippen LogP contribution in [0.2, 0.25) is 0 Å². The molecule has 2 rings (SSSR count). The third-order valence-electron chi connectivity index (χ3n) is 2.54. The highest BCUT2D eigenvalue weighted by atomic mass is 32.2. The number of pyridine rings is 1. The summed E-state index contributed by atoms with van der Waals surface area (Å²) in [5.41, 5.74) is 1.17. The monoisotopic (exact) mass is 282 g/mol. The first-order chi connectivity index (χ1) is 8.95. The summed E-state index contributed by atoms with van der Waals surface area (Å²) in [5, 5.41) is 6.52. The highest BCUT2D eigenvalue weighted by molar-refractivity contribution is 7.92. The summed E-state index contributed by atoms with van der Waals surface area (Å²) >= 11 is 0. The Balaban J connectivity index is 2.43. The van der Waals surface area contributed by atoms with Crippen LogP contribution in [0.5, 0.6) is 5.88 Å². The molecule has 2 heterocycles. The van der Waals surface area contributed by atoms with Crippen LogP contribution < -0.4 is 9.46 Å². The lowest BCUT2D eigenvalue weighted by Crippen LogP contribution is -2.15. The molecule has 0 atom stereocenters. The van der Waals surface area contributed by atoms with Crippen molar-refractivity contribution in [1.29, 1.82) is 0 Å². The molecule has 8 heteroatoms. The van der Waals surface area contributed by atoms with Crippen molar-refractivity contribution in [3.63, 3.8) is 0 Å². The number of aromatic amines is 1. The predicted molar refractivity (Wildman–Crippen MR) is 69.7 cm³/mol. The number of ether oxygens (including phenoxy) is 1. The largest absolute Gasteiger partial charge is 0.480 e. The number of hydrogen-bond acceptors (Lipinski definition) is 5. The van der Waals surface area contributed by atoms with Gasteiger partial charge in [0.25, 0.3) is 10.0 Å². The van der Waals surface area contributed by atoms with E-state index in [1.165, 1.54) is 13.3 Å². The van der Waals surface area contributed by atoms with Crippen molar-refractivity contribution < 1.29 is 13.2 Å². The summed E-state index contributed by atoms with van der Waals surface area (Å²) in [6.07, 6.45) is 1.52. The Morgan fingerprint density at radius 1 is 1.37 bits per heavy atom. The molecule has 0 aromatic carbocycles. The third kappa shape index (κ3) is 2.53. The molecular weight excluding hydrogens is 268 g/mol. The molecule has 0 radical (unpaired) electrons. The lowest BCUT2D eigenvalue weighted by molar-refractivity contribution is 0.400. The number of rotatable bonds is 4. The molecule has 2 aromatic rings. The van der Waals surface area contributed by atoms with Crippen LogP contribution in [0, 0.1) is 13.8 Å². The molecule has 19 heavy (non-hydrogen) atoms. The van der Waals surface area contributed by atoms with Crippen molar-refractivity contribution in [1.82, 2.24) is 15.2 Å². The SMILES string of the molecule is COc1ncccc1NS(=O)(=O)c1c(C)n[nH]c1C. The summed E-state index contributed by atoms with van der Waals surface area (Å²) in [6.45, 7) is 3.27. The van der Waals surface area contributed by atoms with Crippen molar-refractivity contribution in [3.05, 3.63) is 29.7 Å². The fourth-order valence-electron chi connectivity index (χ4n) is 1.76. The zero-order valence-electron chi connectivity index (χ0n) is 10.8. The summed E-state index contributed by atoms with van der Waals surface area (Å²) in [7, 11) is -2.30. The highest BCUT2D eigenvalue weighted by Gasteiger charge is 2.23. The summed E-state index contributed by atoms with van der Waals surface area (Å²) in [5.74, 6) is 0.213. The molecule has 2 N–H and O–H groups in total. The van der Waals surface area contributed by atoms with Crippen LogP contribution in [0.3, 0.4) is 0 Å². The van der Waals surface area contributed by atoms with E-state index in [1.807, 2.05) is 0 Å². The second-order valence-electron chi connectivity index (χ2n) is 3.93. The Kier molecular flexibility index (Phi) is 3.43. The molecule has 2 aromatic heterocycles. The minimum absolute atomic E-state index is 0.137. The van der Waals surface area contributed by atoms with Gasteiger partial charge in [-0.15, -0.1) is 0 Å². The summed E-state index contributed by atoms with van der Waals surface area (Å²) in [4.78, 5) is 4.07. The Hall–Kier alpha value is -2.09. The van der Waals surface area contributed by atoms with Crippen LogP contribution in [-0.4, -0.2) is 30.7 Å². The van der Waals surface area contributed by atoms with Crippen molar-refractivity contribution >= 4 is 15.7 Å². The number of nitrogens with one attached hydrogen (secondary N) is 2. The van der Waals surface area contributed by atoms with Crippen molar-refractivity contribution in [3.8, 4) is 5.88 Å². The fraction of sp³-hybridized carbons (Fsp3) is 0.273. The second kappa shape index (κ2) is 4.88. The molecule has 0 aliphatic heterocycles. The van der Waals surface area contributed by atoms with Crippen molar-refractivity contribution in [2.45, 2.75) is 18.7 Å². The number of sulfonamides is 1. The Morgan fingerprint density at radius 3 is 2.68 bits per heavy atom.